The van der Waals surface area contributed by atoms with E-state index >= 15 is 0 Å². The number of aliphatic imine (C=N–C) groups is 1. The molecule has 1 saturated heterocycles. The first-order valence-electron chi connectivity index (χ1n) is 7.58. The fraction of sp³-hybridized carbons (Fsp3) is 0.733. The zero-order valence-corrected chi connectivity index (χ0v) is 13.2. The van der Waals surface area contributed by atoms with Gasteiger partial charge >= 0.3 is 0 Å². The quantitative estimate of drug-likeness (QED) is 0.931. The Kier molecular flexibility index (Phi) is 4.06. The predicted octanol–water partition coefficient (Wildman–Crippen LogP) is 2.60. The SMILES string of the molecule is CC1CCCC2(CSC(=NCCc3nccn3C)N2)C1. The van der Waals surface area contributed by atoms with Crippen LogP contribution < -0.4 is 5.32 Å². The normalized spacial score (nSPS) is 31.9. The molecule has 2 heterocycles. The van der Waals surface area contributed by atoms with Crippen LogP contribution in [0, 0.1) is 5.92 Å². The van der Waals surface area contributed by atoms with Gasteiger partial charge in [0.15, 0.2) is 5.17 Å². The lowest BCUT2D eigenvalue weighted by Crippen LogP contribution is -2.47. The molecule has 0 amide bonds. The van der Waals surface area contributed by atoms with E-state index in [4.69, 9.17) is 4.99 Å². The van der Waals surface area contributed by atoms with Crippen molar-refractivity contribution >= 4 is 16.9 Å². The molecule has 5 heteroatoms. The van der Waals surface area contributed by atoms with E-state index in [1.165, 1.54) is 31.4 Å². The van der Waals surface area contributed by atoms with Gasteiger partial charge in [-0.25, -0.2) is 4.98 Å². The average Bonchev–Trinajstić information content (AvgIpc) is 2.98. The van der Waals surface area contributed by atoms with Crippen LogP contribution in [-0.2, 0) is 13.5 Å². The summed E-state index contributed by atoms with van der Waals surface area (Å²) < 4.78 is 2.07. The van der Waals surface area contributed by atoms with Crippen LogP contribution in [0.15, 0.2) is 17.4 Å². The molecule has 2 aliphatic rings. The fourth-order valence-corrected chi connectivity index (χ4v) is 4.61. The minimum Gasteiger partial charge on any atom is -0.359 e. The number of hydrogen-bond acceptors (Lipinski definition) is 3. The summed E-state index contributed by atoms with van der Waals surface area (Å²) in [4.78, 5) is 9.07. The molecule has 1 N–H and O–H groups in total. The molecule has 20 heavy (non-hydrogen) atoms. The lowest BCUT2D eigenvalue weighted by atomic mass is 9.78. The third kappa shape index (κ3) is 3.03. The maximum Gasteiger partial charge on any atom is 0.157 e. The molecular formula is C15H24N4S. The summed E-state index contributed by atoms with van der Waals surface area (Å²) in [7, 11) is 2.04. The van der Waals surface area contributed by atoms with Gasteiger partial charge in [0.2, 0.25) is 0 Å². The van der Waals surface area contributed by atoms with Crippen molar-refractivity contribution < 1.29 is 0 Å². The second-order valence-electron chi connectivity index (χ2n) is 6.29. The Labute approximate surface area is 125 Å². The molecule has 0 bridgehead atoms. The highest BCUT2D eigenvalue weighted by atomic mass is 32.2. The van der Waals surface area contributed by atoms with Crippen molar-refractivity contribution in [3.63, 3.8) is 0 Å². The van der Waals surface area contributed by atoms with E-state index in [9.17, 15) is 0 Å². The molecule has 2 fully saturated rings. The summed E-state index contributed by atoms with van der Waals surface area (Å²) in [5.74, 6) is 3.15. The van der Waals surface area contributed by atoms with E-state index in [1.807, 2.05) is 31.2 Å². The number of imidazole rings is 1. The highest BCUT2D eigenvalue weighted by Gasteiger charge is 2.40. The van der Waals surface area contributed by atoms with Crippen LogP contribution in [0.1, 0.15) is 38.4 Å². The van der Waals surface area contributed by atoms with Gasteiger partial charge in [-0.1, -0.05) is 31.5 Å². The second kappa shape index (κ2) is 5.80. The molecule has 0 aromatic carbocycles. The zero-order valence-electron chi connectivity index (χ0n) is 12.4. The van der Waals surface area contributed by atoms with Gasteiger partial charge in [0.05, 0.1) is 0 Å². The fourth-order valence-electron chi connectivity index (χ4n) is 3.39. The maximum atomic E-state index is 4.73. The van der Waals surface area contributed by atoms with Crippen molar-refractivity contribution in [1.29, 1.82) is 0 Å². The lowest BCUT2D eigenvalue weighted by molar-refractivity contribution is 0.242. The van der Waals surface area contributed by atoms with Gasteiger partial charge in [-0.2, -0.15) is 0 Å². The number of thioether (sulfide) groups is 1. The summed E-state index contributed by atoms with van der Waals surface area (Å²) in [5, 5.41) is 4.86. The highest BCUT2D eigenvalue weighted by Crippen LogP contribution is 2.38. The van der Waals surface area contributed by atoms with Gasteiger partial charge in [-0.05, 0) is 18.8 Å². The van der Waals surface area contributed by atoms with Crippen LogP contribution in [0.3, 0.4) is 0 Å². The van der Waals surface area contributed by atoms with Crippen molar-refractivity contribution in [3.05, 3.63) is 18.2 Å². The first-order chi connectivity index (χ1) is 9.67. The lowest BCUT2D eigenvalue weighted by Gasteiger charge is -2.36. The molecule has 3 rings (SSSR count). The molecule has 0 radical (unpaired) electrons. The molecular weight excluding hydrogens is 268 g/mol. The molecule has 1 aromatic heterocycles. The molecule has 2 atom stereocenters. The Balaban J connectivity index is 1.54. The van der Waals surface area contributed by atoms with E-state index in [1.54, 1.807) is 0 Å². The van der Waals surface area contributed by atoms with Crippen molar-refractivity contribution in [3.8, 4) is 0 Å². The maximum absolute atomic E-state index is 4.73. The zero-order chi connectivity index (χ0) is 14.0. The Morgan fingerprint density at radius 1 is 1.60 bits per heavy atom. The standard InChI is InChI=1S/C15H24N4S/c1-12-4-3-6-15(10-12)11-20-14(18-15)17-7-5-13-16-8-9-19(13)2/h8-9,12H,3-7,10-11H2,1-2H3,(H,17,18). The van der Waals surface area contributed by atoms with Crippen LogP contribution in [0.25, 0.3) is 0 Å². The molecule has 1 spiro atoms. The minimum absolute atomic E-state index is 0.338. The summed E-state index contributed by atoms with van der Waals surface area (Å²) >= 11 is 1.90. The van der Waals surface area contributed by atoms with Crippen molar-refractivity contribution in [1.82, 2.24) is 14.9 Å². The Morgan fingerprint density at radius 2 is 2.50 bits per heavy atom. The highest BCUT2D eigenvalue weighted by molar-refractivity contribution is 8.14. The van der Waals surface area contributed by atoms with Gasteiger partial charge < -0.3 is 9.88 Å². The third-order valence-electron chi connectivity index (χ3n) is 4.46. The number of aromatic nitrogens is 2. The monoisotopic (exact) mass is 292 g/mol. The number of hydrogen-bond donors (Lipinski definition) is 1. The second-order valence-corrected chi connectivity index (χ2v) is 7.25. The largest absolute Gasteiger partial charge is 0.359 e. The first kappa shape index (κ1) is 14.0. The van der Waals surface area contributed by atoms with Crippen LogP contribution in [0.4, 0.5) is 0 Å². The molecule has 2 unspecified atom stereocenters. The van der Waals surface area contributed by atoms with Crippen LogP contribution in [-0.4, -0.2) is 32.6 Å². The van der Waals surface area contributed by atoms with Gasteiger partial charge in [0, 0.05) is 43.7 Å². The van der Waals surface area contributed by atoms with E-state index in [0.717, 1.165) is 29.9 Å². The number of nitrogens with zero attached hydrogens (tertiary/aromatic N) is 3. The number of aryl methyl sites for hydroxylation is 1. The van der Waals surface area contributed by atoms with Crippen molar-refractivity contribution in [2.45, 2.75) is 44.6 Å². The van der Waals surface area contributed by atoms with Crippen LogP contribution >= 0.6 is 11.8 Å². The van der Waals surface area contributed by atoms with Gasteiger partial charge in [-0.3, -0.25) is 4.99 Å². The molecule has 1 aliphatic carbocycles. The summed E-state index contributed by atoms with van der Waals surface area (Å²) in [6, 6.07) is 0. The number of rotatable bonds is 3. The molecule has 1 aromatic rings. The minimum atomic E-state index is 0.338. The first-order valence-corrected chi connectivity index (χ1v) is 8.57. The van der Waals surface area contributed by atoms with E-state index in [-0.39, 0.29) is 0 Å². The van der Waals surface area contributed by atoms with Crippen molar-refractivity contribution in [2.75, 3.05) is 12.3 Å². The molecule has 1 aliphatic heterocycles. The molecule has 1 saturated carbocycles. The Hall–Kier alpha value is -0.970. The summed E-state index contributed by atoms with van der Waals surface area (Å²) in [6.45, 7) is 3.20. The number of amidine groups is 1. The third-order valence-corrected chi connectivity index (χ3v) is 5.66. The van der Waals surface area contributed by atoms with Gasteiger partial charge in [0.1, 0.15) is 5.82 Å². The molecule has 4 nitrogen and oxygen atoms in total. The van der Waals surface area contributed by atoms with Crippen LogP contribution in [0.2, 0.25) is 0 Å². The summed E-state index contributed by atoms with van der Waals surface area (Å²) in [5.41, 5.74) is 0.338. The number of nitrogens with one attached hydrogen (secondary N) is 1. The van der Waals surface area contributed by atoms with E-state index in [2.05, 4.69) is 21.8 Å². The topological polar surface area (TPSA) is 42.2 Å². The Morgan fingerprint density at radius 3 is 3.25 bits per heavy atom. The van der Waals surface area contributed by atoms with E-state index < -0.39 is 0 Å². The smallest absolute Gasteiger partial charge is 0.157 e. The van der Waals surface area contributed by atoms with Gasteiger partial charge in [-0.15, -0.1) is 0 Å². The average molecular weight is 292 g/mol. The van der Waals surface area contributed by atoms with Gasteiger partial charge in [0.25, 0.3) is 0 Å². The predicted molar refractivity (Wildman–Crippen MR) is 85.2 cm³/mol. The van der Waals surface area contributed by atoms with Crippen molar-refractivity contribution in [2.24, 2.45) is 18.0 Å². The molecule has 110 valence electrons. The van der Waals surface area contributed by atoms with E-state index in [0.29, 0.717) is 5.54 Å². The Bertz CT molecular complexity index is 496. The summed E-state index contributed by atoms with van der Waals surface area (Å²) in [6.07, 6.45) is 10.1. The van der Waals surface area contributed by atoms with Crippen LogP contribution in [0.5, 0.6) is 0 Å².